The normalized spacial score (nSPS) is 25.1. The quantitative estimate of drug-likeness (QED) is 0.913. The molecular formula is C14H21NO2S. The number of methoxy groups -OCH3 is 1. The van der Waals surface area contributed by atoms with Crippen molar-refractivity contribution in [1.29, 1.82) is 0 Å². The summed E-state index contributed by atoms with van der Waals surface area (Å²) in [7, 11) is 1.57. The van der Waals surface area contributed by atoms with Gasteiger partial charge in [-0.1, -0.05) is 19.9 Å². The minimum absolute atomic E-state index is 0.225. The first-order valence-corrected chi connectivity index (χ1v) is 7.26. The third kappa shape index (κ3) is 3.33. The molecule has 0 bridgehead atoms. The Labute approximate surface area is 113 Å². The molecule has 1 saturated heterocycles. The number of ether oxygens (including phenoxy) is 1. The smallest absolute Gasteiger partial charge is 0.160 e. The van der Waals surface area contributed by atoms with Crippen molar-refractivity contribution < 1.29 is 9.84 Å². The van der Waals surface area contributed by atoms with Gasteiger partial charge in [-0.25, -0.2) is 0 Å². The van der Waals surface area contributed by atoms with Crippen LogP contribution in [0.25, 0.3) is 0 Å². The van der Waals surface area contributed by atoms with Crippen molar-refractivity contribution in [2.24, 2.45) is 0 Å². The number of phenols is 1. The summed E-state index contributed by atoms with van der Waals surface area (Å²) in [5.41, 5.74) is 1.14. The van der Waals surface area contributed by atoms with Crippen molar-refractivity contribution in [3.8, 4) is 11.5 Å². The molecule has 100 valence electrons. The largest absolute Gasteiger partial charge is 0.504 e. The molecule has 0 radical (unpaired) electrons. The molecule has 0 aliphatic carbocycles. The Balaban J connectivity index is 2.02. The highest BCUT2D eigenvalue weighted by Crippen LogP contribution is 2.29. The molecular weight excluding hydrogens is 246 g/mol. The van der Waals surface area contributed by atoms with Crippen LogP contribution < -0.4 is 4.74 Å². The molecule has 1 heterocycles. The number of hydrogen-bond donors (Lipinski definition) is 1. The third-order valence-corrected chi connectivity index (χ3v) is 4.37. The fourth-order valence-corrected chi connectivity index (χ4v) is 3.89. The van der Waals surface area contributed by atoms with Gasteiger partial charge in [0.05, 0.1) is 7.11 Å². The molecule has 1 N–H and O–H groups in total. The molecule has 2 atom stereocenters. The maximum Gasteiger partial charge on any atom is 0.160 e. The van der Waals surface area contributed by atoms with Gasteiger partial charge in [0.15, 0.2) is 11.5 Å². The van der Waals surface area contributed by atoms with Crippen molar-refractivity contribution in [3.63, 3.8) is 0 Å². The molecule has 0 amide bonds. The average Bonchev–Trinajstić information content (AvgIpc) is 2.27. The van der Waals surface area contributed by atoms with E-state index in [1.165, 1.54) is 0 Å². The Bertz CT molecular complexity index is 401. The summed E-state index contributed by atoms with van der Waals surface area (Å²) in [5.74, 6) is 0.761. The Hall–Kier alpha value is -0.870. The molecule has 0 unspecified atom stereocenters. The number of hydrogen-bond acceptors (Lipinski definition) is 4. The first kappa shape index (κ1) is 13.6. The molecule has 3 nitrogen and oxygen atoms in total. The Morgan fingerprint density at radius 3 is 2.56 bits per heavy atom. The highest BCUT2D eigenvalue weighted by Gasteiger charge is 2.22. The maximum atomic E-state index is 9.78. The second-order valence-corrected chi connectivity index (χ2v) is 6.84. The fourth-order valence-electron chi connectivity index (χ4n) is 2.51. The lowest BCUT2D eigenvalue weighted by Crippen LogP contribution is -2.39. The van der Waals surface area contributed by atoms with Crippen LogP contribution in [0.2, 0.25) is 0 Å². The van der Waals surface area contributed by atoms with Crippen LogP contribution in [0.1, 0.15) is 19.4 Å². The topological polar surface area (TPSA) is 32.7 Å². The lowest BCUT2D eigenvalue weighted by atomic mass is 10.1. The predicted molar refractivity (Wildman–Crippen MR) is 76.5 cm³/mol. The number of aromatic hydroxyl groups is 1. The predicted octanol–water partition coefficient (Wildman–Crippen LogP) is 2.73. The van der Waals surface area contributed by atoms with Crippen LogP contribution in [0.15, 0.2) is 18.2 Å². The monoisotopic (exact) mass is 267 g/mol. The molecule has 18 heavy (non-hydrogen) atoms. The van der Waals surface area contributed by atoms with E-state index in [1.807, 2.05) is 12.1 Å². The van der Waals surface area contributed by atoms with Gasteiger partial charge in [0.1, 0.15) is 0 Å². The van der Waals surface area contributed by atoms with Crippen LogP contribution in [0.5, 0.6) is 11.5 Å². The van der Waals surface area contributed by atoms with Gasteiger partial charge in [-0.15, -0.1) is 0 Å². The molecule has 1 aromatic rings. The first-order valence-electron chi connectivity index (χ1n) is 6.32. The molecule has 1 aliphatic rings. The van der Waals surface area contributed by atoms with Gasteiger partial charge in [0, 0.05) is 30.1 Å². The molecule has 0 spiro atoms. The van der Waals surface area contributed by atoms with E-state index >= 15 is 0 Å². The van der Waals surface area contributed by atoms with Crippen LogP contribution in [-0.4, -0.2) is 40.7 Å². The van der Waals surface area contributed by atoms with Crippen LogP contribution in [-0.2, 0) is 6.54 Å². The van der Waals surface area contributed by atoms with Gasteiger partial charge >= 0.3 is 0 Å². The highest BCUT2D eigenvalue weighted by atomic mass is 32.2. The molecule has 0 saturated carbocycles. The van der Waals surface area contributed by atoms with Gasteiger partial charge < -0.3 is 9.84 Å². The fraction of sp³-hybridized carbons (Fsp3) is 0.571. The standard InChI is InChI=1S/C14H21NO2S/c1-10-7-15(8-11(2)18-10)9-12-4-5-14(17-3)13(16)6-12/h4-6,10-11,16H,7-9H2,1-3H3/t10-,11-/m1/s1. The van der Waals surface area contributed by atoms with E-state index in [9.17, 15) is 5.11 Å². The Morgan fingerprint density at radius 1 is 1.33 bits per heavy atom. The van der Waals surface area contributed by atoms with E-state index in [-0.39, 0.29) is 5.75 Å². The van der Waals surface area contributed by atoms with Gasteiger partial charge in [0.2, 0.25) is 0 Å². The van der Waals surface area contributed by atoms with E-state index in [0.29, 0.717) is 16.2 Å². The van der Waals surface area contributed by atoms with E-state index in [4.69, 9.17) is 4.74 Å². The SMILES string of the molecule is COc1ccc(CN2C[C@@H](C)S[C@H](C)C2)cc1O. The average molecular weight is 267 g/mol. The summed E-state index contributed by atoms with van der Waals surface area (Å²) in [5, 5.41) is 11.1. The molecule has 2 rings (SSSR count). The lowest BCUT2D eigenvalue weighted by molar-refractivity contribution is 0.262. The lowest BCUT2D eigenvalue weighted by Gasteiger charge is -2.34. The number of nitrogens with zero attached hydrogens (tertiary/aromatic N) is 1. The number of benzene rings is 1. The van der Waals surface area contributed by atoms with Crippen molar-refractivity contribution in [3.05, 3.63) is 23.8 Å². The van der Waals surface area contributed by atoms with Gasteiger partial charge in [-0.05, 0) is 17.7 Å². The summed E-state index contributed by atoms with van der Waals surface area (Å²) in [4.78, 5) is 2.45. The summed E-state index contributed by atoms with van der Waals surface area (Å²) < 4.78 is 5.06. The molecule has 1 fully saturated rings. The van der Waals surface area contributed by atoms with Crippen LogP contribution in [0.4, 0.5) is 0 Å². The number of phenolic OH excluding ortho intramolecular Hbond substituents is 1. The van der Waals surface area contributed by atoms with Gasteiger partial charge in [-0.2, -0.15) is 11.8 Å². The number of thioether (sulfide) groups is 1. The first-order chi connectivity index (χ1) is 8.58. The molecule has 4 heteroatoms. The number of rotatable bonds is 3. The van der Waals surface area contributed by atoms with Gasteiger partial charge in [0.25, 0.3) is 0 Å². The minimum Gasteiger partial charge on any atom is -0.504 e. The van der Waals surface area contributed by atoms with Gasteiger partial charge in [-0.3, -0.25) is 4.90 Å². The summed E-state index contributed by atoms with van der Waals surface area (Å²) in [6.45, 7) is 7.67. The molecule has 0 aromatic heterocycles. The van der Waals surface area contributed by atoms with E-state index < -0.39 is 0 Å². The Morgan fingerprint density at radius 2 is 2.00 bits per heavy atom. The molecule has 1 aromatic carbocycles. The van der Waals surface area contributed by atoms with Crippen LogP contribution >= 0.6 is 11.8 Å². The zero-order valence-electron chi connectivity index (χ0n) is 11.2. The zero-order valence-corrected chi connectivity index (χ0v) is 12.0. The van der Waals surface area contributed by atoms with Crippen molar-refractivity contribution in [2.75, 3.05) is 20.2 Å². The van der Waals surface area contributed by atoms with E-state index in [2.05, 4.69) is 30.5 Å². The van der Waals surface area contributed by atoms with E-state index in [0.717, 1.165) is 25.2 Å². The second kappa shape index (κ2) is 5.85. The zero-order chi connectivity index (χ0) is 13.1. The summed E-state index contributed by atoms with van der Waals surface area (Å²) in [6.07, 6.45) is 0. The third-order valence-electron chi connectivity index (χ3n) is 3.14. The van der Waals surface area contributed by atoms with Crippen LogP contribution in [0.3, 0.4) is 0 Å². The molecule has 1 aliphatic heterocycles. The Kier molecular flexibility index (Phi) is 4.40. The van der Waals surface area contributed by atoms with E-state index in [1.54, 1.807) is 13.2 Å². The van der Waals surface area contributed by atoms with Crippen LogP contribution in [0, 0.1) is 0 Å². The maximum absolute atomic E-state index is 9.78. The second-order valence-electron chi connectivity index (χ2n) is 4.96. The van der Waals surface area contributed by atoms with Crippen molar-refractivity contribution in [1.82, 2.24) is 4.90 Å². The summed E-state index contributed by atoms with van der Waals surface area (Å²) >= 11 is 2.05. The van der Waals surface area contributed by atoms with Crippen molar-refractivity contribution >= 4 is 11.8 Å². The van der Waals surface area contributed by atoms with Crippen molar-refractivity contribution in [2.45, 2.75) is 30.9 Å². The minimum atomic E-state index is 0.225. The highest BCUT2D eigenvalue weighted by molar-refractivity contribution is 8.00. The summed E-state index contributed by atoms with van der Waals surface area (Å²) in [6, 6.07) is 5.65.